The monoisotopic (exact) mass is 459 g/mol. The van der Waals surface area contributed by atoms with Gasteiger partial charge in [-0.2, -0.15) is 0 Å². The van der Waals surface area contributed by atoms with E-state index in [1.54, 1.807) is 28.8 Å². The topological polar surface area (TPSA) is 66.1 Å². The summed E-state index contributed by atoms with van der Waals surface area (Å²) in [7, 11) is 0. The van der Waals surface area contributed by atoms with Crippen molar-refractivity contribution in [2.45, 2.75) is 29.6 Å². The van der Waals surface area contributed by atoms with Crippen molar-refractivity contribution in [1.29, 1.82) is 0 Å². The van der Waals surface area contributed by atoms with Gasteiger partial charge in [-0.15, -0.1) is 0 Å². The minimum atomic E-state index is -0.133. The molecule has 5 rings (SSSR count). The zero-order valence-electron chi connectivity index (χ0n) is 18.5. The molecule has 7 heteroatoms. The summed E-state index contributed by atoms with van der Waals surface area (Å²) in [4.78, 5) is 36.5. The van der Waals surface area contributed by atoms with E-state index < -0.39 is 0 Å². The number of hydrogen-bond acceptors (Lipinski definition) is 5. The van der Waals surface area contributed by atoms with Gasteiger partial charge < -0.3 is 14.2 Å². The van der Waals surface area contributed by atoms with Crippen LogP contribution in [-0.4, -0.2) is 53.5 Å². The standard InChI is InChI=1S/C26H25N3O3S/c1-2-6-20-19-7-3-4-9-23(19)33-24-11-10-18(17-21(24)27-20)25(30)28-12-14-29(15-13-28)26(31)22-8-5-16-32-22/h3-5,7-11,16-17H,2,6,12-15H2,1H3. The van der Waals surface area contributed by atoms with Crippen molar-refractivity contribution in [3.05, 3.63) is 77.7 Å². The summed E-state index contributed by atoms with van der Waals surface area (Å²) in [6.07, 6.45) is 3.39. The highest BCUT2D eigenvalue weighted by Crippen LogP contribution is 2.41. The SMILES string of the molecule is CCCC1=Nc2cc(C(=O)N3CCN(C(=O)c4ccco4)CC3)ccc2Sc2ccccc21. The Bertz CT molecular complexity index is 1210. The first-order valence-electron chi connectivity index (χ1n) is 11.2. The maximum absolute atomic E-state index is 13.3. The van der Waals surface area contributed by atoms with Gasteiger partial charge in [-0.05, 0) is 42.8 Å². The molecule has 0 atom stereocenters. The molecule has 2 aliphatic heterocycles. The van der Waals surface area contributed by atoms with Gasteiger partial charge in [-0.25, -0.2) is 0 Å². The van der Waals surface area contributed by atoms with Crippen LogP contribution in [0.2, 0.25) is 0 Å². The maximum atomic E-state index is 13.3. The molecule has 0 saturated carbocycles. The molecule has 2 aromatic carbocycles. The van der Waals surface area contributed by atoms with Crippen LogP contribution in [0.3, 0.4) is 0 Å². The number of nitrogens with zero attached hydrogens (tertiary/aromatic N) is 3. The smallest absolute Gasteiger partial charge is 0.289 e. The fourth-order valence-corrected chi connectivity index (χ4v) is 5.25. The maximum Gasteiger partial charge on any atom is 0.289 e. The number of benzene rings is 2. The van der Waals surface area contributed by atoms with Gasteiger partial charge >= 0.3 is 0 Å². The minimum Gasteiger partial charge on any atom is -0.459 e. The molecular formula is C26H25N3O3S. The summed E-state index contributed by atoms with van der Waals surface area (Å²) in [6, 6.07) is 17.5. The molecule has 3 aromatic rings. The Labute approximate surface area is 197 Å². The third-order valence-corrected chi connectivity index (χ3v) is 7.09. The van der Waals surface area contributed by atoms with E-state index in [-0.39, 0.29) is 11.8 Å². The van der Waals surface area contributed by atoms with Gasteiger partial charge in [0.15, 0.2) is 5.76 Å². The van der Waals surface area contributed by atoms with Gasteiger partial charge in [0.25, 0.3) is 11.8 Å². The van der Waals surface area contributed by atoms with Crippen LogP contribution in [0.15, 0.2) is 80.1 Å². The average Bonchev–Trinajstić information content (AvgIpc) is 3.34. The van der Waals surface area contributed by atoms with Gasteiger partial charge in [-0.1, -0.05) is 43.3 Å². The van der Waals surface area contributed by atoms with Gasteiger partial charge in [-0.3, -0.25) is 14.6 Å². The lowest BCUT2D eigenvalue weighted by Gasteiger charge is -2.34. The van der Waals surface area contributed by atoms with E-state index in [2.05, 4.69) is 25.1 Å². The molecule has 1 fully saturated rings. The van der Waals surface area contributed by atoms with Crippen molar-refractivity contribution in [1.82, 2.24) is 9.80 Å². The summed E-state index contributed by atoms with van der Waals surface area (Å²) < 4.78 is 5.22. The van der Waals surface area contributed by atoms with Crippen LogP contribution in [0.1, 0.15) is 46.2 Å². The van der Waals surface area contributed by atoms with E-state index >= 15 is 0 Å². The highest BCUT2D eigenvalue weighted by Gasteiger charge is 2.27. The molecule has 0 bridgehead atoms. The zero-order chi connectivity index (χ0) is 22.8. The molecule has 6 nitrogen and oxygen atoms in total. The second kappa shape index (κ2) is 9.27. The molecular weight excluding hydrogens is 434 g/mol. The second-order valence-corrected chi connectivity index (χ2v) is 9.23. The summed E-state index contributed by atoms with van der Waals surface area (Å²) >= 11 is 1.70. The predicted molar refractivity (Wildman–Crippen MR) is 129 cm³/mol. The van der Waals surface area contributed by atoms with Crippen LogP contribution < -0.4 is 0 Å². The molecule has 1 saturated heterocycles. The lowest BCUT2D eigenvalue weighted by atomic mass is 10.1. The molecule has 0 N–H and O–H groups in total. The van der Waals surface area contributed by atoms with Crippen LogP contribution in [0.5, 0.6) is 0 Å². The zero-order valence-corrected chi connectivity index (χ0v) is 19.3. The molecule has 0 radical (unpaired) electrons. The number of carbonyl (C=O) groups excluding carboxylic acids is 2. The first-order valence-corrected chi connectivity index (χ1v) is 12.1. The summed E-state index contributed by atoms with van der Waals surface area (Å²) in [5, 5.41) is 0. The summed E-state index contributed by atoms with van der Waals surface area (Å²) in [5.41, 5.74) is 3.71. The molecule has 168 valence electrons. The number of aliphatic imine (C=N–C) groups is 1. The van der Waals surface area contributed by atoms with Crippen LogP contribution in [0.25, 0.3) is 0 Å². The quantitative estimate of drug-likeness (QED) is 0.534. The first kappa shape index (κ1) is 21.5. The van der Waals surface area contributed by atoms with Crippen LogP contribution in [0, 0.1) is 0 Å². The third-order valence-electron chi connectivity index (χ3n) is 5.95. The number of furan rings is 1. The van der Waals surface area contributed by atoms with Crippen LogP contribution in [-0.2, 0) is 0 Å². The van der Waals surface area contributed by atoms with Crippen molar-refractivity contribution in [3.8, 4) is 0 Å². The number of carbonyl (C=O) groups is 2. The molecule has 2 amide bonds. The third kappa shape index (κ3) is 4.33. The van der Waals surface area contributed by atoms with Gasteiger partial charge in [0, 0.05) is 52.8 Å². The molecule has 0 unspecified atom stereocenters. The van der Waals surface area contributed by atoms with Gasteiger partial charge in [0.05, 0.1) is 12.0 Å². The molecule has 0 aliphatic carbocycles. The van der Waals surface area contributed by atoms with E-state index in [1.165, 1.54) is 16.7 Å². The summed E-state index contributed by atoms with van der Waals surface area (Å²) in [5.74, 6) is 0.174. The van der Waals surface area contributed by atoms with Crippen LogP contribution in [0.4, 0.5) is 5.69 Å². The van der Waals surface area contributed by atoms with Gasteiger partial charge in [0.1, 0.15) is 0 Å². The number of hydrogen-bond donors (Lipinski definition) is 0. The Morgan fingerprint density at radius 3 is 2.42 bits per heavy atom. The second-order valence-electron chi connectivity index (χ2n) is 8.15. The molecule has 3 heterocycles. The number of rotatable bonds is 4. The molecule has 2 aliphatic rings. The predicted octanol–water partition coefficient (Wildman–Crippen LogP) is 5.26. The molecule has 1 aromatic heterocycles. The Kier molecular flexibility index (Phi) is 6.05. The highest BCUT2D eigenvalue weighted by molar-refractivity contribution is 7.99. The highest BCUT2D eigenvalue weighted by atomic mass is 32.2. The van der Waals surface area contributed by atoms with Crippen molar-refractivity contribution in [3.63, 3.8) is 0 Å². The van der Waals surface area contributed by atoms with Crippen molar-refractivity contribution < 1.29 is 14.0 Å². The number of amides is 2. The Morgan fingerprint density at radius 1 is 0.939 bits per heavy atom. The van der Waals surface area contributed by atoms with Gasteiger partial charge in [0.2, 0.25) is 0 Å². The molecule has 0 spiro atoms. The normalized spacial score (nSPS) is 15.4. The van der Waals surface area contributed by atoms with E-state index in [1.807, 2.05) is 29.2 Å². The van der Waals surface area contributed by atoms with Crippen molar-refractivity contribution in [2.75, 3.05) is 26.2 Å². The van der Waals surface area contributed by atoms with Crippen LogP contribution >= 0.6 is 11.8 Å². The Morgan fingerprint density at radius 2 is 1.70 bits per heavy atom. The van der Waals surface area contributed by atoms with Crippen molar-refractivity contribution in [2.24, 2.45) is 4.99 Å². The largest absolute Gasteiger partial charge is 0.459 e. The lowest BCUT2D eigenvalue weighted by Crippen LogP contribution is -2.50. The average molecular weight is 460 g/mol. The minimum absolute atomic E-state index is 0.0260. The number of fused-ring (bicyclic) bond motifs is 2. The fourth-order valence-electron chi connectivity index (χ4n) is 4.22. The lowest BCUT2D eigenvalue weighted by molar-refractivity contribution is 0.0518. The fraction of sp³-hybridized carbons (Fsp3) is 0.269. The van der Waals surface area contributed by atoms with E-state index in [0.29, 0.717) is 37.5 Å². The number of piperazine rings is 1. The van der Waals surface area contributed by atoms with E-state index in [4.69, 9.17) is 9.41 Å². The summed E-state index contributed by atoms with van der Waals surface area (Å²) in [6.45, 7) is 4.11. The molecule has 33 heavy (non-hydrogen) atoms. The Balaban J connectivity index is 1.34. The van der Waals surface area contributed by atoms with E-state index in [0.717, 1.165) is 29.1 Å². The Hall–Kier alpha value is -3.32. The first-order chi connectivity index (χ1) is 16.1. The van der Waals surface area contributed by atoms with Crippen molar-refractivity contribution >= 4 is 35.0 Å². The van der Waals surface area contributed by atoms with E-state index in [9.17, 15) is 9.59 Å².